The number of pyridine rings is 2. The zero-order valence-corrected chi connectivity index (χ0v) is 50.8. The second-order valence-electron chi connectivity index (χ2n) is 18.2. The number of nitrogens with zero attached hydrogens (tertiary/aromatic N) is 3. The Kier molecular flexibility index (Phi) is 33.4. The van der Waals surface area contributed by atoms with Crippen molar-refractivity contribution in [2.24, 2.45) is 5.73 Å². The maximum Gasteiger partial charge on any atom is 0.382 e. The third kappa shape index (κ3) is 27.8. The number of aryl methyl sites for hydroxylation is 2. The number of hydrogen-bond acceptors (Lipinski definition) is 14. The highest BCUT2D eigenvalue weighted by Crippen LogP contribution is 2.82. The molecule has 0 spiro atoms. The lowest BCUT2D eigenvalue weighted by Crippen LogP contribution is -2.23. The fourth-order valence-electron chi connectivity index (χ4n) is 7.75. The number of H-pyrrole nitrogens is 2. The van der Waals surface area contributed by atoms with Crippen molar-refractivity contribution >= 4 is 68.3 Å². The van der Waals surface area contributed by atoms with Gasteiger partial charge in [-0.1, -0.05) is 97.2 Å². The molecular weight excluding hydrogens is 1090 g/mol. The minimum atomic E-state index is -3.57. The van der Waals surface area contributed by atoms with Crippen molar-refractivity contribution in [2.75, 3.05) is 51.2 Å². The van der Waals surface area contributed by atoms with Crippen LogP contribution in [0.15, 0.2) is 110 Å². The molecule has 1 amide bonds. The largest absolute Gasteiger partial charge is 0.472 e. The Hall–Kier alpha value is -6.29. The molecule has 0 radical (unpaired) electrons. The van der Waals surface area contributed by atoms with Gasteiger partial charge in [0.1, 0.15) is 22.9 Å². The molecule has 1 aliphatic heterocycles. The Morgan fingerprint density at radius 3 is 1.40 bits per heavy atom. The predicted molar refractivity (Wildman–Crippen MR) is 325 cm³/mol. The molecule has 440 valence electrons. The van der Waals surface area contributed by atoms with E-state index in [4.69, 9.17) is 25.1 Å². The van der Waals surface area contributed by atoms with Gasteiger partial charge in [-0.25, -0.2) is 27.7 Å². The van der Waals surface area contributed by atoms with Crippen LogP contribution in [0.5, 0.6) is 0 Å². The van der Waals surface area contributed by atoms with Crippen LogP contribution in [0.25, 0.3) is 22.1 Å². The fourth-order valence-corrected chi connectivity index (χ4v) is 17.1. The molecule has 1 aliphatic rings. The van der Waals surface area contributed by atoms with Crippen molar-refractivity contribution in [3.8, 4) is 23.7 Å². The number of rotatable bonds is 22. The molecule has 6 aromatic rings. The first-order valence-electron chi connectivity index (χ1n) is 28.3. The quantitative estimate of drug-likeness (QED) is 0.0240. The SMILES string of the molecule is CCCP1(=O)OP(=O)(CCC)OP(=O)(CCC)O1.CCN(CC)CC.NCCCC(=O)CCc1ccnc2[nH]ccc12.O=C(CCCNC(=O)C#Cc1ccccc1)CCc1ccnc2[nH]ccc12.O=C(O)C#Cc1ccccc1.[2H]C. The van der Waals surface area contributed by atoms with Crippen molar-refractivity contribution in [3.63, 3.8) is 0 Å². The van der Waals surface area contributed by atoms with Gasteiger partial charge < -0.3 is 31.0 Å². The lowest BCUT2D eigenvalue weighted by Gasteiger charge is -2.33. The van der Waals surface area contributed by atoms with E-state index in [-0.39, 0.29) is 36.0 Å². The first kappa shape index (κ1) is 69.0. The van der Waals surface area contributed by atoms with Crippen LogP contribution in [0.1, 0.15) is 130 Å². The molecule has 5 heterocycles. The Morgan fingerprint density at radius 2 is 1.02 bits per heavy atom. The van der Waals surface area contributed by atoms with Crippen molar-refractivity contribution in [1.29, 1.82) is 0 Å². The number of amides is 1. The Bertz CT molecular complexity index is 3030. The van der Waals surface area contributed by atoms with Gasteiger partial charge in [-0.15, -0.1) is 0 Å². The maximum absolute atomic E-state index is 12.3. The van der Waals surface area contributed by atoms with E-state index in [0.29, 0.717) is 70.9 Å². The first-order chi connectivity index (χ1) is 39.5. The zero-order valence-electron chi connectivity index (χ0n) is 49.1. The van der Waals surface area contributed by atoms with Crippen LogP contribution in [-0.2, 0) is 58.6 Å². The van der Waals surface area contributed by atoms with Gasteiger partial charge in [-0.05, 0) is 131 Å². The molecule has 0 saturated carbocycles. The van der Waals surface area contributed by atoms with E-state index < -0.39 is 28.8 Å². The van der Waals surface area contributed by atoms with Gasteiger partial charge in [-0.3, -0.25) is 28.1 Å². The number of aromatic amines is 2. The zero-order chi connectivity index (χ0) is 60.7. The van der Waals surface area contributed by atoms with Crippen LogP contribution in [0.4, 0.5) is 0 Å². The molecule has 0 aliphatic carbocycles. The van der Waals surface area contributed by atoms with Crippen LogP contribution in [0.3, 0.4) is 0 Å². The van der Waals surface area contributed by atoms with Crippen LogP contribution in [-0.4, -0.2) is 105 Å². The lowest BCUT2D eigenvalue weighted by molar-refractivity contribution is -0.130. The van der Waals surface area contributed by atoms with Crippen molar-refractivity contribution in [2.45, 2.75) is 120 Å². The van der Waals surface area contributed by atoms with Gasteiger partial charge in [0.15, 0.2) is 0 Å². The van der Waals surface area contributed by atoms with E-state index >= 15 is 0 Å². The standard InChI is InChI=1S/C22H21N3O2.C13H17N3O.C9H21O6P3.C9H6O2.C6H15N.CH4/c26-19(10-9-18-12-15-24-22-20(18)13-16-25-22)7-4-14-23-21(27)11-8-17-5-2-1-3-6-17;14-7-1-2-11(17)4-3-10-5-8-15-13-12(10)6-9-16-13;1-4-7-16(10)13-17(11,8-5-2)15-18(12,14-16)9-6-3;10-9(11)7-6-8-4-2-1-3-5-8;1-4-7(5-2)6-3;/h1-3,5-6,12-13,15-16H,4,7,9-10,14H2,(H,23,27)(H,24,25);5-6,8-9H,1-4,7,14H2,(H,15,16);4-9H2,1-3H3;1-5H,(H,10,11);4-6H2,1-3H3;1H4/i;;;;;1D. The van der Waals surface area contributed by atoms with Crippen LogP contribution < -0.4 is 11.1 Å². The van der Waals surface area contributed by atoms with Gasteiger partial charge in [0, 0.05) is 92.1 Å². The molecule has 4 aromatic heterocycles. The number of nitrogens with two attached hydrogens (primary N) is 1. The van der Waals surface area contributed by atoms with Gasteiger partial charge in [0.2, 0.25) is 0 Å². The molecule has 0 atom stereocenters. The number of hydrogen-bond donors (Lipinski definition) is 5. The molecule has 2 aromatic carbocycles. The van der Waals surface area contributed by atoms with Crippen molar-refractivity contribution in [1.82, 2.24) is 30.2 Å². The minimum absolute atomic E-state index is 0.109. The summed E-state index contributed by atoms with van der Waals surface area (Å²) in [5, 5.41) is 13.1. The summed E-state index contributed by atoms with van der Waals surface area (Å²) in [4.78, 5) is 62.3. The number of ketones is 2. The highest BCUT2D eigenvalue weighted by molar-refractivity contribution is 7.80. The van der Waals surface area contributed by atoms with Crippen molar-refractivity contribution < 1.29 is 52.3 Å². The molecule has 1 saturated heterocycles. The number of aliphatic carboxylic acids is 1. The number of carbonyl (C=O) groups excluding carboxylic acids is 3. The first-order valence-corrected chi connectivity index (χ1v) is 32.5. The molecular formula is C60H84N7O11P3. The van der Waals surface area contributed by atoms with Crippen LogP contribution in [0.2, 0.25) is 0 Å². The second kappa shape index (κ2) is 39.2. The average molecular weight is 1170 g/mol. The maximum atomic E-state index is 12.3. The Morgan fingerprint density at radius 1 is 0.617 bits per heavy atom. The number of carboxylic acid groups (broad SMARTS) is 1. The normalized spacial score (nSPS) is 16.8. The molecule has 18 nitrogen and oxygen atoms in total. The highest BCUT2D eigenvalue weighted by atomic mass is 31.3. The fraction of sp³-hybridized carbons (Fsp3) is 0.433. The molecule has 0 bridgehead atoms. The monoisotopic (exact) mass is 1170 g/mol. The van der Waals surface area contributed by atoms with E-state index in [1.54, 1.807) is 45.3 Å². The topological polar surface area (TPSA) is 266 Å². The van der Waals surface area contributed by atoms with Crippen LogP contribution in [0, 0.1) is 23.7 Å². The van der Waals surface area contributed by atoms with E-state index in [0.717, 1.165) is 51.6 Å². The summed E-state index contributed by atoms with van der Waals surface area (Å²) in [5.41, 5.74) is 10.9. The minimum Gasteiger partial charge on any atom is -0.472 e. The Balaban J connectivity index is 0.000000369. The Labute approximate surface area is 480 Å². The average Bonchev–Trinajstić information content (AvgIpc) is 4.30. The third-order valence-corrected chi connectivity index (χ3v) is 20.7. The summed E-state index contributed by atoms with van der Waals surface area (Å²) in [6.45, 7) is 16.6. The number of fused-ring (bicyclic) bond motifs is 2. The van der Waals surface area contributed by atoms with Crippen molar-refractivity contribution in [3.05, 3.63) is 132 Å². The number of aromatic nitrogens is 4. The molecule has 0 unspecified atom stereocenters. The summed E-state index contributed by atoms with van der Waals surface area (Å²) in [6, 6.07) is 26.3. The van der Waals surface area contributed by atoms with E-state index in [2.05, 4.69) is 68.7 Å². The van der Waals surface area contributed by atoms with E-state index in [9.17, 15) is 32.9 Å². The summed E-state index contributed by atoms with van der Waals surface area (Å²) >= 11 is 0. The molecule has 6 N–H and O–H groups in total. The second-order valence-corrected chi connectivity index (χ2v) is 25.1. The van der Waals surface area contributed by atoms with E-state index in [1.165, 1.54) is 32.6 Å². The smallest absolute Gasteiger partial charge is 0.382 e. The third-order valence-electron chi connectivity index (χ3n) is 11.8. The van der Waals surface area contributed by atoms with Gasteiger partial charge in [0.05, 0.1) is 18.5 Å². The number of benzene rings is 2. The molecule has 21 heteroatoms. The van der Waals surface area contributed by atoms with Gasteiger partial charge in [0.25, 0.3) is 5.91 Å². The highest BCUT2D eigenvalue weighted by Gasteiger charge is 2.51. The van der Waals surface area contributed by atoms with Crippen LogP contribution >= 0.6 is 22.8 Å². The molecule has 81 heavy (non-hydrogen) atoms. The number of Topliss-reactive ketones (excluding diaryl/α,β-unsaturated/α-hetero) is 2. The molecule has 7 rings (SSSR count). The van der Waals surface area contributed by atoms with Gasteiger partial charge in [-0.2, -0.15) is 0 Å². The number of carboxylic acids is 1. The van der Waals surface area contributed by atoms with Gasteiger partial charge >= 0.3 is 28.8 Å². The summed E-state index contributed by atoms with van der Waals surface area (Å²) in [6.07, 6.45) is 14.2. The lowest BCUT2D eigenvalue weighted by atomic mass is 10.0. The molecule has 1 fully saturated rings. The summed E-state index contributed by atoms with van der Waals surface area (Å²) in [5.74, 6) is 8.94. The summed E-state index contributed by atoms with van der Waals surface area (Å²) in [7, 11) is -9.45. The number of nitrogens with one attached hydrogen (secondary N) is 3. The van der Waals surface area contributed by atoms with E-state index in [1.807, 2.05) is 91.1 Å². The predicted octanol–water partition coefficient (Wildman–Crippen LogP) is 12.8. The summed E-state index contributed by atoms with van der Waals surface area (Å²) < 4.78 is 58.0. The number of carbonyl (C=O) groups is 4.